The zero-order valence-corrected chi connectivity index (χ0v) is 12.6. The summed E-state index contributed by atoms with van der Waals surface area (Å²) in [5.74, 6) is 0.137. The number of anilines is 2. The van der Waals surface area contributed by atoms with Crippen molar-refractivity contribution in [2.75, 3.05) is 23.7 Å². The Hall–Kier alpha value is -1.71. The summed E-state index contributed by atoms with van der Waals surface area (Å²) in [6.45, 7) is 1.32. The topological polar surface area (TPSA) is 58.4 Å². The average molecular weight is 287 g/mol. The number of carbonyl (C=O) groups is 1. The van der Waals surface area contributed by atoms with E-state index in [0.717, 1.165) is 37.2 Å². The number of fused-ring (bicyclic) bond motifs is 1. The maximum atomic E-state index is 12.3. The lowest BCUT2D eigenvalue weighted by Crippen LogP contribution is -2.41. The van der Waals surface area contributed by atoms with Gasteiger partial charge < -0.3 is 16.0 Å². The van der Waals surface area contributed by atoms with Gasteiger partial charge in [-0.1, -0.05) is 37.8 Å². The SMILES string of the molecule is Nc1cccc2c1N(CC(=O)NC1CCCCCC1)CC2. The summed E-state index contributed by atoms with van der Waals surface area (Å²) in [7, 11) is 0. The monoisotopic (exact) mass is 287 g/mol. The summed E-state index contributed by atoms with van der Waals surface area (Å²) in [6.07, 6.45) is 8.34. The van der Waals surface area contributed by atoms with Crippen molar-refractivity contribution >= 4 is 17.3 Å². The number of nitrogens with one attached hydrogen (secondary N) is 1. The van der Waals surface area contributed by atoms with Crippen molar-refractivity contribution in [2.45, 2.75) is 51.0 Å². The quantitative estimate of drug-likeness (QED) is 0.663. The van der Waals surface area contributed by atoms with Crippen molar-refractivity contribution in [2.24, 2.45) is 0 Å². The summed E-state index contributed by atoms with van der Waals surface area (Å²) in [4.78, 5) is 14.4. The van der Waals surface area contributed by atoms with E-state index in [2.05, 4.69) is 16.3 Å². The number of nitrogen functional groups attached to an aromatic ring is 1. The Labute approximate surface area is 126 Å². The molecule has 0 spiro atoms. The molecule has 1 aliphatic carbocycles. The van der Waals surface area contributed by atoms with Crippen LogP contribution in [0, 0.1) is 0 Å². The first-order chi connectivity index (χ1) is 10.2. The van der Waals surface area contributed by atoms with Crippen LogP contribution in [0.2, 0.25) is 0 Å². The van der Waals surface area contributed by atoms with Crippen molar-refractivity contribution in [1.82, 2.24) is 5.32 Å². The van der Waals surface area contributed by atoms with Gasteiger partial charge in [0.05, 0.1) is 17.9 Å². The largest absolute Gasteiger partial charge is 0.397 e. The van der Waals surface area contributed by atoms with Gasteiger partial charge in [-0.15, -0.1) is 0 Å². The molecule has 0 saturated heterocycles. The number of rotatable bonds is 3. The molecule has 4 nitrogen and oxygen atoms in total. The number of nitrogens with zero attached hydrogens (tertiary/aromatic N) is 1. The van der Waals surface area contributed by atoms with Crippen LogP contribution in [-0.2, 0) is 11.2 Å². The maximum absolute atomic E-state index is 12.3. The van der Waals surface area contributed by atoms with Crippen LogP contribution in [0.3, 0.4) is 0 Å². The number of nitrogens with two attached hydrogens (primary N) is 1. The average Bonchev–Trinajstić information content (AvgIpc) is 2.69. The molecule has 0 radical (unpaired) electrons. The number of hydrogen-bond donors (Lipinski definition) is 2. The minimum absolute atomic E-state index is 0.137. The van der Waals surface area contributed by atoms with Crippen LogP contribution >= 0.6 is 0 Å². The van der Waals surface area contributed by atoms with Gasteiger partial charge in [-0.25, -0.2) is 0 Å². The van der Waals surface area contributed by atoms with E-state index >= 15 is 0 Å². The molecule has 1 aliphatic heterocycles. The van der Waals surface area contributed by atoms with Gasteiger partial charge >= 0.3 is 0 Å². The number of amides is 1. The van der Waals surface area contributed by atoms with E-state index in [0.29, 0.717) is 12.6 Å². The third-order valence-electron chi connectivity index (χ3n) is 4.67. The fraction of sp³-hybridized carbons (Fsp3) is 0.588. The van der Waals surface area contributed by atoms with Crippen LogP contribution in [0.1, 0.15) is 44.1 Å². The van der Waals surface area contributed by atoms with Gasteiger partial charge in [-0.2, -0.15) is 0 Å². The van der Waals surface area contributed by atoms with Gasteiger partial charge in [0.1, 0.15) is 0 Å². The molecule has 3 rings (SSSR count). The standard InChI is InChI=1S/C17H25N3O/c18-15-9-5-6-13-10-11-20(17(13)15)12-16(21)19-14-7-3-1-2-4-8-14/h5-6,9,14H,1-4,7-8,10-12,18H2,(H,19,21). The van der Waals surface area contributed by atoms with Crippen molar-refractivity contribution in [3.63, 3.8) is 0 Å². The molecular weight excluding hydrogens is 262 g/mol. The number of hydrogen-bond acceptors (Lipinski definition) is 3. The Morgan fingerprint density at radius 2 is 2.00 bits per heavy atom. The number of carbonyl (C=O) groups excluding carboxylic acids is 1. The van der Waals surface area contributed by atoms with E-state index in [4.69, 9.17) is 5.73 Å². The molecule has 1 aromatic carbocycles. The Kier molecular flexibility index (Phi) is 4.32. The summed E-state index contributed by atoms with van der Waals surface area (Å²) in [5.41, 5.74) is 9.18. The minimum Gasteiger partial charge on any atom is -0.397 e. The molecule has 0 unspecified atom stereocenters. The second kappa shape index (κ2) is 6.37. The second-order valence-corrected chi connectivity index (χ2v) is 6.28. The molecule has 1 fully saturated rings. The summed E-state index contributed by atoms with van der Waals surface area (Å²) in [5, 5.41) is 3.21. The second-order valence-electron chi connectivity index (χ2n) is 6.28. The first-order valence-electron chi connectivity index (χ1n) is 8.16. The maximum Gasteiger partial charge on any atom is 0.239 e. The van der Waals surface area contributed by atoms with Crippen LogP contribution in [0.5, 0.6) is 0 Å². The molecule has 1 saturated carbocycles. The fourth-order valence-electron chi connectivity index (χ4n) is 3.59. The van der Waals surface area contributed by atoms with Crippen LogP contribution in [-0.4, -0.2) is 25.0 Å². The van der Waals surface area contributed by atoms with E-state index in [1.807, 2.05) is 12.1 Å². The van der Waals surface area contributed by atoms with Crippen LogP contribution in [0.25, 0.3) is 0 Å². The molecule has 0 atom stereocenters. The van der Waals surface area contributed by atoms with Crippen molar-refractivity contribution < 1.29 is 4.79 Å². The lowest BCUT2D eigenvalue weighted by atomic mass is 10.1. The molecule has 0 aromatic heterocycles. The molecule has 2 aliphatic rings. The lowest BCUT2D eigenvalue weighted by Gasteiger charge is -2.22. The van der Waals surface area contributed by atoms with Crippen LogP contribution < -0.4 is 16.0 Å². The zero-order valence-electron chi connectivity index (χ0n) is 12.6. The highest BCUT2D eigenvalue weighted by Gasteiger charge is 2.24. The van der Waals surface area contributed by atoms with E-state index in [-0.39, 0.29) is 5.91 Å². The van der Waals surface area contributed by atoms with Gasteiger partial charge in [0.15, 0.2) is 0 Å². The first-order valence-corrected chi connectivity index (χ1v) is 8.16. The predicted molar refractivity (Wildman–Crippen MR) is 86.4 cm³/mol. The van der Waals surface area contributed by atoms with Crippen LogP contribution in [0.4, 0.5) is 11.4 Å². The summed E-state index contributed by atoms with van der Waals surface area (Å²) in [6, 6.07) is 6.38. The van der Waals surface area contributed by atoms with Crippen molar-refractivity contribution in [3.05, 3.63) is 23.8 Å². The Bertz CT molecular complexity index is 507. The van der Waals surface area contributed by atoms with E-state index in [1.54, 1.807) is 0 Å². The molecule has 1 aromatic rings. The van der Waals surface area contributed by atoms with Gasteiger partial charge in [0.2, 0.25) is 5.91 Å². The molecule has 3 N–H and O–H groups in total. The molecule has 1 heterocycles. The highest BCUT2D eigenvalue weighted by molar-refractivity contribution is 5.85. The number of benzene rings is 1. The van der Waals surface area contributed by atoms with Gasteiger partial charge in [-0.3, -0.25) is 4.79 Å². The zero-order chi connectivity index (χ0) is 14.7. The first kappa shape index (κ1) is 14.2. The normalized spacial score (nSPS) is 19.1. The van der Waals surface area contributed by atoms with E-state index < -0.39 is 0 Å². The third kappa shape index (κ3) is 3.31. The van der Waals surface area contributed by atoms with Gasteiger partial charge in [0.25, 0.3) is 0 Å². The summed E-state index contributed by atoms with van der Waals surface area (Å²) >= 11 is 0. The predicted octanol–water partition coefficient (Wildman–Crippen LogP) is 2.47. The van der Waals surface area contributed by atoms with E-state index in [1.165, 1.54) is 31.2 Å². The smallest absolute Gasteiger partial charge is 0.239 e. The Morgan fingerprint density at radius 1 is 1.24 bits per heavy atom. The molecule has 114 valence electrons. The molecule has 0 bridgehead atoms. The molecular formula is C17H25N3O. The van der Waals surface area contributed by atoms with Gasteiger partial charge in [0, 0.05) is 12.6 Å². The lowest BCUT2D eigenvalue weighted by molar-refractivity contribution is -0.120. The molecule has 4 heteroatoms. The number of para-hydroxylation sites is 1. The van der Waals surface area contributed by atoms with Gasteiger partial charge in [-0.05, 0) is 30.9 Å². The molecule has 1 amide bonds. The highest BCUT2D eigenvalue weighted by atomic mass is 16.2. The highest BCUT2D eigenvalue weighted by Crippen LogP contribution is 2.33. The third-order valence-corrected chi connectivity index (χ3v) is 4.67. The summed E-state index contributed by atoms with van der Waals surface area (Å²) < 4.78 is 0. The van der Waals surface area contributed by atoms with E-state index in [9.17, 15) is 4.79 Å². The minimum atomic E-state index is 0.137. The Morgan fingerprint density at radius 3 is 2.76 bits per heavy atom. The van der Waals surface area contributed by atoms with Crippen LogP contribution in [0.15, 0.2) is 18.2 Å². The van der Waals surface area contributed by atoms with Crippen molar-refractivity contribution in [1.29, 1.82) is 0 Å². The molecule has 21 heavy (non-hydrogen) atoms. The fourth-order valence-corrected chi connectivity index (χ4v) is 3.59. The Balaban J connectivity index is 1.59. The van der Waals surface area contributed by atoms with Crippen molar-refractivity contribution in [3.8, 4) is 0 Å².